The zero-order chi connectivity index (χ0) is 7.02. The highest BCUT2D eigenvalue weighted by Crippen LogP contribution is 2.26. The molecular weight excluding hydrogens is 116 g/mol. The quantitative estimate of drug-likeness (QED) is 0.458. The number of ether oxygens (including phenoxy) is 1. The fraction of sp³-hybridized carbons (Fsp3) is 0.857. The van der Waals surface area contributed by atoms with Gasteiger partial charge in [0.15, 0.2) is 0 Å². The Balaban J connectivity index is 2.65. The summed E-state index contributed by atoms with van der Waals surface area (Å²) < 4.78 is 4.95. The van der Waals surface area contributed by atoms with Crippen molar-refractivity contribution in [2.75, 3.05) is 0 Å². The van der Waals surface area contributed by atoms with Crippen LogP contribution in [0.2, 0.25) is 0 Å². The maximum Gasteiger partial charge on any atom is 0.309 e. The van der Waals surface area contributed by atoms with Gasteiger partial charge in [0, 0.05) is 5.92 Å². The van der Waals surface area contributed by atoms with Crippen LogP contribution in [0.25, 0.3) is 0 Å². The molecule has 0 bridgehead atoms. The van der Waals surface area contributed by atoms with Crippen molar-refractivity contribution in [2.24, 2.45) is 11.8 Å². The minimum Gasteiger partial charge on any atom is -0.462 e. The molecule has 1 fully saturated rings. The predicted molar refractivity (Wildman–Crippen MR) is 33.9 cm³/mol. The van der Waals surface area contributed by atoms with E-state index in [0.29, 0.717) is 5.92 Å². The second-order valence-electron chi connectivity index (χ2n) is 2.79. The third-order valence-electron chi connectivity index (χ3n) is 2.20. The standard InChI is InChI=1S/C7H12O2/c1-4-5(2)7(8)9-6(4)3/h4-6H,1-3H3/t4-,5-,6+/m0/s1. The van der Waals surface area contributed by atoms with E-state index in [9.17, 15) is 4.79 Å². The fourth-order valence-corrected chi connectivity index (χ4v) is 1.02. The Kier molecular flexibility index (Phi) is 1.47. The molecule has 0 aromatic carbocycles. The number of esters is 1. The number of carbonyl (C=O) groups excluding carboxylic acids is 1. The van der Waals surface area contributed by atoms with Gasteiger partial charge in [0.1, 0.15) is 6.10 Å². The average Bonchev–Trinajstić information content (AvgIpc) is 1.98. The molecule has 2 heteroatoms. The smallest absolute Gasteiger partial charge is 0.309 e. The molecular formula is C7H12O2. The van der Waals surface area contributed by atoms with Gasteiger partial charge in [0.05, 0.1) is 5.92 Å². The summed E-state index contributed by atoms with van der Waals surface area (Å²) in [5, 5.41) is 0. The van der Waals surface area contributed by atoms with Crippen LogP contribution in [0.3, 0.4) is 0 Å². The molecule has 9 heavy (non-hydrogen) atoms. The van der Waals surface area contributed by atoms with Crippen LogP contribution in [0, 0.1) is 11.8 Å². The van der Waals surface area contributed by atoms with Gasteiger partial charge in [-0.25, -0.2) is 0 Å². The average molecular weight is 128 g/mol. The summed E-state index contributed by atoms with van der Waals surface area (Å²) >= 11 is 0. The molecule has 0 amide bonds. The first kappa shape index (κ1) is 6.59. The molecule has 0 spiro atoms. The lowest BCUT2D eigenvalue weighted by Crippen LogP contribution is -2.11. The number of carbonyl (C=O) groups is 1. The van der Waals surface area contributed by atoms with E-state index in [2.05, 4.69) is 0 Å². The molecule has 52 valence electrons. The Morgan fingerprint density at radius 2 is 1.89 bits per heavy atom. The lowest BCUT2D eigenvalue weighted by molar-refractivity contribution is -0.143. The molecule has 0 radical (unpaired) electrons. The fourth-order valence-electron chi connectivity index (χ4n) is 1.02. The van der Waals surface area contributed by atoms with Gasteiger partial charge in [0.25, 0.3) is 0 Å². The van der Waals surface area contributed by atoms with Gasteiger partial charge in [-0.3, -0.25) is 4.79 Å². The summed E-state index contributed by atoms with van der Waals surface area (Å²) in [7, 11) is 0. The van der Waals surface area contributed by atoms with Crippen molar-refractivity contribution in [3.8, 4) is 0 Å². The van der Waals surface area contributed by atoms with E-state index in [0.717, 1.165) is 0 Å². The Labute approximate surface area is 55.2 Å². The number of cyclic esters (lactones) is 1. The van der Waals surface area contributed by atoms with Crippen molar-refractivity contribution < 1.29 is 9.53 Å². The minimum atomic E-state index is -0.0463. The van der Waals surface area contributed by atoms with E-state index in [-0.39, 0.29) is 18.0 Å². The maximum atomic E-state index is 10.8. The summed E-state index contributed by atoms with van der Waals surface area (Å²) in [6.45, 7) is 5.89. The third kappa shape index (κ3) is 0.934. The summed E-state index contributed by atoms with van der Waals surface area (Å²) in [5.41, 5.74) is 0. The molecule has 2 nitrogen and oxygen atoms in total. The van der Waals surface area contributed by atoms with Gasteiger partial charge in [-0.15, -0.1) is 0 Å². The van der Waals surface area contributed by atoms with Gasteiger partial charge in [-0.2, -0.15) is 0 Å². The highest BCUT2D eigenvalue weighted by Gasteiger charge is 2.35. The molecule has 0 aromatic rings. The zero-order valence-electron chi connectivity index (χ0n) is 6.05. The lowest BCUT2D eigenvalue weighted by Gasteiger charge is -2.06. The zero-order valence-corrected chi connectivity index (χ0v) is 6.05. The first-order valence-corrected chi connectivity index (χ1v) is 3.33. The van der Waals surface area contributed by atoms with E-state index in [4.69, 9.17) is 4.74 Å². The summed E-state index contributed by atoms with van der Waals surface area (Å²) in [6.07, 6.45) is 0.118. The van der Waals surface area contributed by atoms with E-state index < -0.39 is 0 Å². The second kappa shape index (κ2) is 2.01. The van der Waals surface area contributed by atoms with E-state index in [1.165, 1.54) is 0 Å². The van der Waals surface area contributed by atoms with E-state index in [1.54, 1.807) is 0 Å². The maximum absolute atomic E-state index is 10.8. The van der Waals surface area contributed by atoms with Gasteiger partial charge < -0.3 is 4.74 Å². The SMILES string of the molecule is C[C@H]1[C@H](C)C(=O)O[C@@H]1C. The molecule has 0 unspecified atom stereocenters. The van der Waals surface area contributed by atoms with Crippen molar-refractivity contribution in [2.45, 2.75) is 26.9 Å². The molecule has 3 atom stereocenters. The predicted octanol–water partition coefficient (Wildman–Crippen LogP) is 1.20. The molecule has 1 aliphatic rings. The molecule has 1 rings (SSSR count). The summed E-state index contributed by atoms with van der Waals surface area (Å²) in [6, 6.07) is 0. The van der Waals surface area contributed by atoms with Crippen molar-refractivity contribution in [3.63, 3.8) is 0 Å². The van der Waals surface area contributed by atoms with Gasteiger partial charge in [-0.05, 0) is 6.92 Å². The van der Waals surface area contributed by atoms with Crippen molar-refractivity contribution in [3.05, 3.63) is 0 Å². The number of hydrogen-bond donors (Lipinski definition) is 0. The Morgan fingerprint density at radius 3 is 2.00 bits per heavy atom. The van der Waals surface area contributed by atoms with Crippen LogP contribution in [-0.4, -0.2) is 12.1 Å². The molecule has 0 aliphatic carbocycles. The molecule has 0 N–H and O–H groups in total. The molecule has 0 aromatic heterocycles. The molecule has 1 saturated heterocycles. The van der Waals surface area contributed by atoms with Gasteiger partial charge >= 0.3 is 5.97 Å². The van der Waals surface area contributed by atoms with Crippen LogP contribution < -0.4 is 0 Å². The molecule has 0 saturated carbocycles. The van der Waals surface area contributed by atoms with Crippen LogP contribution in [-0.2, 0) is 9.53 Å². The van der Waals surface area contributed by atoms with Crippen LogP contribution >= 0.6 is 0 Å². The molecule has 1 aliphatic heterocycles. The monoisotopic (exact) mass is 128 g/mol. The number of hydrogen-bond acceptors (Lipinski definition) is 2. The summed E-state index contributed by atoms with van der Waals surface area (Å²) in [4.78, 5) is 10.8. The van der Waals surface area contributed by atoms with Crippen LogP contribution in [0.15, 0.2) is 0 Å². The Hall–Kier alpha value is -0.530. The Morgan fingerprint density at radius 1 is 1.33 bits per heavy atom. The largest absolute Gasteiger partial charge is 0.462 e. The van der Waals surface area contributed by atoms with Gasteiger partial charge in [-0.1, -0.05) is 13.8 Å². The topological polar surface area (TPSA) is 26.3 Å². The minimum absolute atomic E-state index is 0.0463. The normalized spacial score (nSPS) is 43.0. The highest BCUT2D eigenvalue weighted by atomic mass is 16.6. The van der Waals surface area contributed by atoms with E-state index in [1.807, 2.05) is 20.8 Å². The third-order valence-corrected chi connectivity index (χ3v) is 2.20. The molecule has 1 heterocycles. The van der Waals surface area contributed by atoms with Gasteiger partial charge in [0.2, 0.25) is 0 Å². The summed E-state index contributed by atoms with van der Waals surface area (Å²) in [5.74, 6) is 0.438. The van der Waals surface area contributed by atoms with Crippen molar-refractivity contribution >= 4 is 5.97 Å². The first-order chi connectivity index (χ1) is 4.13. The van der Waals surface area contributed by atoms with Crippen molar-refractivity contribution in [1.29, 1.82) is 0 Å². The van der Waals surface area contributed by atoms with Crippen molar-refractivity contribution in [1.82, 2.24) is 0 Å². The first-order valence-electron chi connectivity index (χ1n) is 3.33. The van der Waals surface area contributed by atoms with E-state index >= 15 is 0 Å². The van der Waals surface area contributed by atoms with Crippen LogP contribution in [0.4, 0.5) is 0 Å². The lowest BCUT2D eigenvalue weighted by atomic mass is 9.95. The van der Waals surface area contributed by atoms with Crippen LogP contribution in [0.5, 0.6) is 0 Å². The highest BCUT2D eigenvalue weighted by molar-refractivity contribution is 5.74. The number of rotatable bonds is 0. The van der Waals surface area contributed by atoms with Crippen LogP contribution in [0.1, 0.15) is 20.8 Å². The Bertz CT molecular complexity index is 131. The second-order valence-corrected chi connectivity index (χ2v) is 2.79.